The molecule has 0 aliphatic carbocycles. The number of carbonyl (C=O) groups is 5. The Morgan fingerprint density at radius 1 is 1.14 bits per heavy atom. The Labute approximate surface area is 124 Å². The van der Waals surface area contributed by atoms with Crippen molar-refractivity contribution in [3.05, 3.63) is 0 Å². The molecule has 0 spiro atoms. The van der Waals surface area contributed by atoms with E-state index in [-0.39, 0.29) is 6.42 Å². The molecule has 1 aliphatic rings. The second kappa shape index (κ2) is 6.10. The van der Waals surface area contributed by atoms with Gasteiger partial charge in [0.2, 0.25) is 0 Å². The molecule has 0 aromatic heterocycles. The van der Waals surface area contributed by atoms with Gasteiger partial charge in [0, 0.05) is 6.42 Å². The molecule has 122 valence electrons. The molecule has 0 radical (unpaired) electrons. The highest BCUT2D eigenvalue weighted by Gasteiger charge is 2.73. The summed E-state index contributed by atoms with van der Waals surface area (Å²) in [6.45, 7) is 0. The minimum atomic E-state index is -3.42. The molecule has 1 rings (SSSR count). The van der Waals surface area contributed by atoms with Gasteiger partial charge in [-0.2, -0.15) is 0 Å². The van der Waals surface area contributed by atoms with Crippen LogP contribution in [0.2, 0.25) is 0 Å². The normalized spacial score (nSPS) is 23.0. The number of carbonyl (C=O) groups excluding carboxylic acids is 5. The van der Waals surface area contributed by atoms with Crippen LogP contribution in [0.5, 0.6) is 0 Å². The van der Waals surface area contributed by atoms with Gasteiger partial charge in [-0.15, -0.1) is 0 Å². The van der Waals surface area contributed by atoms with E-state index in [1.807, 2.05) is 0 Å². The summed E-state index contributed by atoms with van der Waals surface area (Å²) in [5, 5.41) is 10.5. The van der Waals surface area contributed by atoms with E-state index in [2.05, 4.69) is 14.2 Å². The molecule has 0 unspecified atom stereocenters. The Bertz CT molecular complexity index is 538. The minimum Gasteiger partial charge on any atom is -0.466 e. The number of hydrogen-bond donors (Lipinski definition) is 1. The fourth-order valence-corrected chi connectivity index (χ4v) is 2.11. The SMILES string of the molecule is COC(=O)C(=O)[C@@](O)(C(=O)OC)[C@@]1(C(=O)OC)CCC(=O)O1. The molecule has 10 nitrogen and oxygen atoms in total. The summed E-state index contributed by atoms with van der Waals surface area (Å²) in [5.74, 6) is -7.46. The molecule has 0 bridgehead atoms. The van der Waals surface area contributed by atoms with Gasteiger partial charge < -0.3 is 24.1 Å². The second-order valence-electron chi connectivity index (χ2n) is 4.32. The van der Waals surface area contributed by atoms with Gasteiger partial charge in [-0.3, -0.25) is 9.59 Å². The predicted octanol–water partition coefficient (Wildman–Crippen LogP) is -2.12. The Morgan fingerprint density at radius 2 is 1.73 bits per heavy atom. The van der Waals surface area contributed by atoms with Crippen LogP contribution < -0.4 is 0 Å². The highest BCUT2D eigenvalue weighted by molar-refractivity contribution is 6.42. The number of Topliss-reactive ketones (excluding diaryl/α,β-unsaturated/α-hetero) is 1. The van der Waals surface area contributed by atoms with Crippen LogP contribution in [-0.2, 0) is 42.9 Å². The predicted molar refractivity (Wildman–Crippen MR) is 64.1 cm³/mol. The molecule has 0 aromatic carbocycles. The first-order chi connectivity index (χ1) is 10.2. The van der Waals surface area contributed by atoms with Crippen LogP contribution in [0.15, 0.2) is 0 Å². The van der Waals surface area contributed by atoms with Crippen molar-refractivity contribution in [3.8, 4) is 0 Å². The van der Waals surface area contributed by atoms with Crippen LogP contribution in [0.3, 0.4) is 0 Å². The molecule has 0 amide bonds. The Balaban J connectivity index is 3.56. The van der Waals surface area contributed by atoms with E-state index in [4.69, 9.17) is 4.74 Å². The van der Waals surface area contributed by atoms with E-state index in [0.717, 1.165) is 21.3 Å². The molecule has 1 saturated heterocycles. The van der Waals surface area contributed by atoms with E-state index >= 15 is 0 Å². The van der Waals surface area contributed by atoms with Crippen LogP contribution >= 0.6 is 0 Å². The molecular formula is C12H14O10. The van der Waals surface area contributed by atoms with Crippen molar-refractivity contribution in [3.63, 3.8) is 0 Å². The molecule has 10 heteroatoms. The van der Waals surface area contributed by atoms with Gasteiger partial charge in [-0.1, -0.05) is 0 Å². The summed E-state index contributed by atoms with van der Waals surface area (Å²) in [5.41, 5.74) is -6.15. The Kier molecular flexibility index (Phi) is 4.87. The van der Waals surface area contributed by atoms with Crippen LogP contribution in [0.25, 0.3) is 0 Å². The third-order valence-electron chi connectivity index (χ3n) is 3.25. The van der Waals surface area contributed by atoms with Crippen molar-refractivity contribution in [1.82, 2.24) is 0 Å². The van der Waals surface area contributed by atoms with Gasteiger partial charge in [-0.05, 0) is 0 Å². The minimum absolute atomic E-state index is 0.386. The summed E-state index contributed by atoms with van der Waals surface area (Å²) < 4.78 is 17.5. The lowest BCUT2D eigenvalue weighted by atomic mass is 9.77. The van der Waals surface area contributed by atoms with Crippen molar-refractivity contribution in [2.24, 2.45) is 0 Å². The molecule has 22 heavy (non-hydrogen) atoms. The van der Waals surface area contributed by atoms with Crippen LogP contribution in [0.4, 0.5) is 0 Å². The van der Waals surface area contributed by atoms with Crippen molar-refractivity contribution < 1.29 is 48.0 Å². The van der Waals surface area contributed by atoms with Crippen molar-refractivity contribution in [1.29, 1.82) is 0 Å². The van der Waals surface area contributed by atoms with E-state index in [0.29, 0.717) is 0 Å². The molecule has 0 saturated carbocycles. The monoisotopic (exact) mass is 318 g/mol. The number of aliphatic hydroxyl groups is 1. The zero-order valence-electron chi connectivity index (χ0n) is 12.0. The number of esters is 4. The number of rotatable bonds is 5. The third kappa shape index (κ3) is 2.30. The third-order valence-corrected chi connectivity index (χ3v) is 3.25. The number of hydrogen-bond acceptors (Lipinski definition) is 10. The standard InChI is InChI=1S/C12H14O10/c1-19-8(15)7(14)12(18,10(17)21-3)11(9(16)20-2)5-4-6(13)22-11/h18H,4-5H2,1-3H3/t11-,12+/m0/s1. The fraction of sp³-hybridized carbons (Fsp3) is 0.583. The van der Waals surface area contributed by atoms with E-state index < -0.39 is 47.3 Å². The highest BCUT2D eigenvalue weighted by atomic mass is 16.6. The van der Waals surface area contributed by atoms with Crippen LogP contribution in [-0.4, -0.2) is 67.3 Å². The number of cyclic esters (lactones) is 1. The molecular weight excluding hydrogens is 304 g/mol. The van der Waals surface area contributed by atoms with Crippen molar-refractivity contribution in [2.45, 2.75) is 24.0 Å². The highest BCUT2D eigenvalue weighted by Crippen LogP contribution is 2.39. The maximum Gasteiger partial charge on any atom is 0.378 e. The largest absolute Gasteiger partial charge is 0.466 e. The summed E-state index contributed by atoms with van der Waals surface area (Å²) in [6, 6.07) is 0. The van der Waals surface area contributed by atoms with E-state index in [1.54, 1.807) is 0 Å². The number of ketones is 1. The van der Waals surface area contributed by atoms with Crippen molar-refractivity contribution >= 4 is 29.7 Å². The number of ether oxygens (including phenoxy) is 4. The van der Waals surface area contributed by atoms with Crippen molar-refractivity contribution in [2.75, 3.05) is 21.3 Å². The smallest absolute Gasteiger partial charge is 0.378 e. The van der Waals surface area contributed by atoms with Crippen LogP contribution in [0.1, 0.15) is 12.8 Å². The topological polar surface area (TPSA) is 143 Å². The maximum atomic E-state index is 12.1. The van der Waals surface area contributed by atoms with Gasteiger partial charge in [0.1, 0.15) is 0 Å². The average Bonchev–Trinajstić information content (AvgIpc) is 2.94. The van der Waals surface area contributed by atoms with E-state index in [1.165, 1.54) is 0 Å². The summed E-state index contributed by atoms with van der Waals surface area (Å²) in [6.07, 6.45) is -0.949. The van der Waals surface area contributed by atoms with Gasteiger partial charge >= 0.3 is 23.9 Å². The van der Waals surface area contributed by atoms with Crippen LogP contribution in [0, 0.1) is 0 Å². The first kappa shape index (κ1) is 17.6. The number of methoxy groups -OCH3 is 3. The maximum absolute atomic E-state index is 12.1. The van der Waals surface area contributed by atoms with Gasteiger partial charge in [0.25, 0.3) is 17.0 Å². The summed E-state index contributed by atoms with van der Waals surface area (Å²) >= 11 is 0. The van der Waals surface area contributed by atoms with Gasteiger partial charge in [0.05, 0.1) is 27.8 Å². The average molecular weight is 318 g/mol. The zero-order valence-corrected chi connectivity index (χ0v) is 12.0. The molecule has 1 heterocycles. The van der Waals surface area contributed by atoms with Gasteiger partial charge in [0.15, 0.2) is 0 Å². The molecule has 0 aromatic rings. The Hall–Kier alpha value is -2.49. The summed E-state index contributed by atoms with van der Waals surface area (Å²) in [7, 11) is 2.51. The Morgan fingerprint density at radius 3 is 2.09 bits per heavy atom. The fourth-order valence-electron chi connectivity index (χ4n) is 2.11. The van der Waals surface area contributed by atoms with Gasteiger partial charge in [-0.25, -0.2) is 14.4 Å². The quantitative estimate of drug-likeness (QED) is 0.259. The lowest BCUT2D eigenvalue weighted by Gasteiger charge is -2.36. The second-order valence-corrected chi connectivity index (χ2v) is 4.32. The zero-order chi connectivity index (χ0) is 17.1. The lowest BCUT2D eigenvalue weighted by molar-refractivity contribution is -0.214. The molecule has 1 aliphatic heterocycles. The molecule has 2 atom stereocenters. The first-order valence-corrected chi connectivity index (χ1v) is 5.95. The molecule has 1 fully saturated rings. The first-order valence-electron chi connectivity index (χ1n) is 5.95. The van der Waals surface area contributed by atoms with E-state index in [9.17, 15) is 29.1 Å². The lowest BCUT2D eigenvalue weighted by Crippen LogP contribution is -2.69. The summed E-state index contributed by atoms with van der Waals surface area (Å²) in [4.78, 5) is 58.8. The molecule has 1 N–H and O–H groups in total.